The molecule has 0 aromatic heterocycles. The molecule has 2 rings (SSSR count). The van der Waals surface area contributed by atoms with Crippen LogP contribution in [0.25, 0.3) is 0 Å². The number of carbonyl (C=O) groups is 1. The minimum Gasteiger partial charge on any atom is -0.490 e. The van der Waals surface area contributed by atoms with Crippen LogP contribution in [0.3, 0.4) is 0 Å². The summed E-state index contributed by atoms with van der Waals surface area (Å²) in [7, 11) is 0. The molecule has 2 N–H and O–H groups in total. The number of benzene rings is 1. The van der Waals surface area contributed by atoms with Crippen molar-refractivity contribution in [2.24, 2.45) is 0 Å². The largest absolute Gasteiger partial charge is 0.490 e. The summed E-state index contributed by atoms with van der Waals surface area (Å²) >= 11 is 0. The van der Waals surface area contributed by atoms with Crippen LogP contribution in [0, 0.1) is 0 Å². The first-order valence-corrected chi connectivity index (χ1v) is 4.01. The van der Waals surface area contributed by atoms with Gasteiger partial charge in [0.2, 0.25) is 0 Å². The molecule has 0 amide bonds. The molecule has 1 heterocycles. The van der Waals surface area contributed by atoms with Gasteiger partial charge in [0.1, 0.15) is 12.4 Å². The number of carboxylic acid groups (broad SMARTS) is 1. The fourth-order valence-corrected chi connectivity index (χ4v) is 1.27. The van der Waals surface area contributed by atoms with Crippen LogP contribution in [-0.2, 0) is 0 Å². The summed E-state index contributed by atoms with van der Waals surface area (Å²) in [6.07, 6.45) is 0. The summed E-state index contributed by atoms with van der Waals surface area (Å²) in [5, 5.41) is 11.8. The Balaban J connectivity index is 2.40. The zero-order valence-corrected chi connectivity index (χ0v) is 6.91. The number of aromatic carboxylic acids is 1. The van der Waals surface area contributed by atoms with Gasteiger partial charge in [0.05, 0.1) is 11.3 Å². The second kappa shape index (κ2) is 2.97. The topological polar surface area (TPSA) is 58.6 Å². The van der Waals surface area contributed by atoms with Gasteiger partial charge in [-0.2, -0.15) is 0 Å². The molecule has 0 spiro atoms. The molecule has 1 aromatic carbocycles. The average molecular weight is 179 g/mol. The van der Waals surface area contributed by atoms with Crippen LogP contribution in [0.2, 0.25) is 0 Å². The molecule has 1 aliphatic rings. The van der Waals surface area contributed by atoms with Crippen LogP contribution >= 0.6 is 0 Å². The minimum absolute atomic E-state index is 0.252. The van der Waals surface area contributed by atoms with E-state index in [1.807, 2.05) is 0 Å². The zero-order chi connectivity index (χ0) is 9.26. The molecular weight excluding hydrogens is 170 g/mol. The summed E-state index contributed by atoms with van der Waals surface area (Å²) in [4.78, 5) is 10.6. The highest BCUT2D eigenvalue weighted by Gasteiger charge is 2.12. The minimum atomic E-state index is -0.933. The monoisotopic (exact) mass is 179 g/mol. The summed E-state index contributed by atoms with van der Waals surface area (Å²) in [6.45, 7) is 1.34. The van der Waals surface area contributed by atoms with Crippen LogP contribution in [0.5, 0.6) is 5.75 Å². The van der Waals surface area contributed by atoms with Crippen molar-refractivity contribution in [3.63, 3.8) is 0 Å². The Bertz CT molecular complexity index is 349. The van der Waals surface area contributed by atoms with E-state index in [2.05, 4.69) is 5.32 Å². The maximum atomic E-state index is 10.6. The van der Waals surface area contributed by atoms with E-state index in [-0.39, 0.29) is 5.56 Å². The second-order valence-corrected chi connectivity index (χ2v) is 2.79. The van der Waals surface area contributed by atoms with Crippen molar-refractivity contribution in [1.29, 1.82) is 0 Å². The number of ether oxygens (including phenoxy) is 1. The Kier molecular flexibility index (Phi) is 1.81. The standard InChI is InChI=1S/C9H9NO3/c11-9(12)6-1-2-7-8(5-6)13-4-3-10-7/h1-2,5,10H,3-4H2,(H,11,12). The van der Waals surface area contributed by atoms with Crippen molar-refractivity contribution < 1.29 is 14.6 Å². The predicted octanol–water partition coefficient (Wildman–Crippen LogP) is 1.19. The molecule has 0 radical (unpaired) electrons. The molecule has 0 atom stereocenters. The van der Waals surface area contributed by atoms with Gasteiger partial charge in [0.15, 0.2) is 0 Å². The van der Waals surface area contributed by atoms with Crippen LogP contribution in [-0.4, -0.2) is 24.2 Å². The Labute approximate surface area is 75.1 Å². The molecular formula is C9H9NO3. The third-order valence-electron chi connectivity index (χ3n) is 1.90. The van der Waals surface area contributed by atoms with E-state index in [9.17, 15) is 4.79 Å². The van der Waals surface area contributed by atoms with Crippen molar-refractivity contribution in [3.8, 4) is 5.75 Å². The fraction of sp³-hybridized carbons (Fsp3) is 0.222. The van der Waals surface area contributed by atoms with Crippen LogP contribution in [0.15, 0.2) is 18.2 Å². The number of hydrogen-bond acceptors (Lipinski definition) is 3. The number of rotatable bonds is 1. The summed E-state index contributed by atoms with van der Waals surface area (Å²) in [5.74, 6) is -0.317. The van der Waals surface area contributed by atoms with Gasteiger partial charge in [0.25, 0.3) is 0 Å². The molecule has 4 nitrogen and oxygen atoms in total. The van der Waals surface area contributed by atoms with E-state index in [1.54, 1.807) is 12.1 Å². The maximum Gasteiger partial charge on any atom is 0.335 e. The van der Waals surface area contributed by atoms with Gasteiger partial charge in [-0.25, -0.2) is 4.79 Å². The molecule has 4 heteroatoms. The highest BCUT2D eigenvalue weighted by molar-refractivity contribution is 5.89. The van der Waals surface area contributed by atoms with E-state index in [4.69, 9.17) is 9.84 Å². The first kappa shape index (κ1) is 7.91. The van der Waals surface area contributed by atoms with Gasteiger partial charge in [0, 0.05) is 6.54 Å². The summed E-state index contributed by atoms with van der Waals surface area (Å²) in [6, 6.07) is 4.81. The van der Waals surface area contributed by atoms with Crippen molar-refractivity contribution in [2.45, 2.75) is 0 Å². The SMILES string of the molecule is O=C(O)c1ccc2c(c1)OCCN2. The lowest BCUT2D eigenvalue weighted by Gasteiger charge is -2.18. The van der Waals surface area contributed by atoms with Crippen molar-refractivity contribution in [2.75, 3.05) is 18.5 Å². The highest BCUT2D eigenvalue weighted by atomic mass is 16.5. The molecule has 0 saturated carbocycles. The maximum absolute atomic E-state index is 10.6. The van der Waals surface area contributed by atoms with E-state index in [1.165, 1.54) is 6.07 Å². The number of hydrogen-bond donors (Lipinski definition) is 2. The van der Waals surface area contributed by atoms with E-state index in [0.29, 0.717) is 12.4 Å². The van der Waals surface area contributed by atoms with Crippen molar-refractivity contribution in [3.05, 3.63) is 23.8 Å². The van der Waals surface area contributed by atoms with Gasteiger partial charge < -0.3 is 15.2 Å². The molecule has 1 aliphatic heterocycles. The van der Waals surface area contributed by atoms with Gasteiger partial charge >= 0.3 is 5.97 Å². The molecule has 1 aromatic rings. The molecule has 0 aliphatic carbocycles. The van der Waals surface area contributed by atoms with Gasteiger partial charge in [-0.1, -0.05) is 0 Å². The summed E-state index contributed by atoms with van der Waals surface area (Å²) < 4.78 is 5.29. The van der Waals surface area contributed by atoms with Gasteiger partial charge in [-0.3, -0.25) is 0 Å². The third kappa shape index (κ3) is 1.42. The lowest BCUT2D eigenvalue weighted by Crippen LogP contribution is -2.18. The van der Waals surface area contributed by atoms with E-state index in [0.717, 1.165) is 12.2 Å². The molecule has 13 heavy (non-hydrogen) atoms. The predicted molar refractivity (Wildman–Crippen MR) is 47.4 cm³/mol. The number of carboxylic acids is 1. The molecule has 0 bridgehead atoms. The van der Waals surface area contributed by atoms with Crippen molar-refractivity contribution >= 4 is 11.7 Å². The summed E-state index contributed by atoms with van der Waals surface area (Å²) in [5.41, 5.74) is 1.11. The second-order valence-electron chi connectivity index (χ2n) is 2.79. The molecule has 68 valence electrons. The Morgan fingerprint density at radius 3 is 3.15 bits per heavy atom. The van der Waals surface area contributed by atoms with Crippen LogP contribution < -0.4 is 10.1 Å². The lowest BCUT2D eigenvalue weighted by atomic mass is 10.2. The lowest BCUT2D eigenvalue weighted by molar-refractivity contribution is 0.0696. The zero-order valence-electron chi connectivity index (χ0n) is 6.91. The first-order chi connectivity index (χ1) is 6.27. The first-order valence-electron chi connectivity index (χ1n) is 4.01. The van der Waals surface area contributed by atoms with Crippen molar-refractivity contribution in [1.82, 2.24) is 0 Å². The van der Waals surface area contributed by atoms with E-state index >= 15 is 0 Å². The number of anilines is 1. The third-order valence-corrected chi connectivity index (χ3v) is 1.90. The van der Waals surface area contributed by atoms with Gasteiger partial charge in [-0.15, -0.1) is 0 Å². The Morgan fingerprint density at radius 2 is 2.38 bits per heavy atom. The Hall–Kier alpha value is -1.71. The van der Waals surface area contributed by atoms with Crippen LogP contribution in [0.4, 0.5) is 5.69 Å². The molecule has 0 saturated heterocycles. The smallest absolute Gasteiger partial charge is 0.335 e. The van der Waals surface area contributed by atoms with Gasteiger partial charge in [-0.05, 0) is 18.2 Å². The quantitative estimate of drug-likeness (QED) is 0.679. The van der Waals surface area contributed by atoms with Crippen LogP contribution in [0.1, 0.15) is 10.4 Å². The molecule has 0 unspecified atom stereocenters. The highest BCUT2D eigenvalue weighted by Crippen LogP contribution is 2.27. The number of fused-ring (bicyclic) bond motifs is 1. The van der Waals surface area contributed by atoms with E-state index < -0.39 is 5.97 Å². The average Bonchev–Trinajstić information content (AvgIpc) is 2.17. The normalized spacial score (nSPS) is 13.8. The number of nitrogens with one attached hydrogen (secondary N) is 1. The fourth-order valence-electron chi connectivity index (χ4n) is 1.27. The Morgan fingerprint density at radius 1 is 1.54 bits per heavy atom. The molecule has 0 fully saturated rings.